The topological polar surface area (TPSA) is 112 Å². The third-order valence-corrected chi connectivity index (χ3v) is 5.27. The third kappa shape index (κ3) is 4.70. The number of carbonyl (C=O) groups is 1. The lowest BCUT2D eigenvalue weighted by Gasteiger charge is -2.30. The number of H-pyrrole nitrogens is 1. The first-order valence-corrected chi connectivity index (χ1v) is 10.1. The molecule has 4 N–H and O–H groups in total. The quantitative estimate of drug-likeness (QED) is 0.405. The Morgan fingerprint density at radius 2 is 2.19 bits per heavy atom. The number of allylic oxidation sites excluding steroid dienone is 2. The predicted octanol–water partition coefficient (Wildman–Crippen LogP) is 3.32. The number of amides is 1. The fourth-order valence-corrected chi connectivity index (χ4v) is 3.46. The average Bonchev–Trinajstić information content (AvgIpc) is 3.15. The normalized spacial score (nSPS) is 15.0. The number of aromatic amines is 1. The van der Waals surface area contributed by atoms with E-state index in [0.29, 0.717) is 17.1 Å². The van der Waals surface area contributed by atoms with Gasteiger partial charge in [0.2, 0.25) is 0 Å². The summed E-state index contributed by atoms with van der Waals surface area (Å²) in [6.45, 7) is 8.44. The van der Waals surface area contributed by atoms with Gasteiger partial charge in [-0.3, -0.25) is 24.8 Å². The van der Waals surface area contributed by atoms with Crippen molar-refractivity contribution in [2.24, 2.45) is 10.7 Å². The van der Waals surface area contributed by atoms with Crippen molar-refractivity contribution in [1.82, 2.24) is 20.1 Å². The van der Waals surface area contributed by atoms with Crippen molar-refractivity contribution in [2.45, 2.75) is 19.9 Å². The predicted molar refractivity (Wildman–Crippen MR) is 124 cm³/mol. The van der Waals surface area contributed by atoms with Crippen LogP contribution in [0.1, 0.15) is 35.1 Å². The number of nitrogens with zero attached hydrogens (tertiary/aromatic N) is 4. The third-order valence-electron chi connectivity index (χ3n) is 5.27. The zero-order valence-corrected chi connectivity index (χ0v) is 17.4. The highest BCUT2D eigenvalue weighted by atomic mass is 16.1. The van der Waals surface area contributed by atoms with E-state index in [2.05, 4.69) is 37.1 Å². The minimum atomic E-state index is -0.294. The first-order valence-electron chi connectivity index (χ1n) is 10.1. The number of hydrogen-bond acceptors (Lipinski definition) is 6. The summed E-state index contributed by atoms with van der Waals surface area (Å²) < 4.78 is 0. The summed E-state index contributed by atoms with van der Waals surface area (Å²) >= 11 is 0. The van der Waals surface area contributed by atoms with E-state index in [0.717, 1.165) is 47.4 Å². The second-order valence-corrected chi connectivity index (χ2v) is 7.59. The standard InChI is InChI=1S/C23H25N7O/c1-15(10-17(24)12-25-2)16-4-7-21-20(11-16)22(29-28-21)23(31)27-18-5-6-19(26-13-18)14-30-8-3-9-30/h4-7,10-13H,2-3,8-9,14,24H2,1H3,(H,27,31)(H,28,29)/b15-10+,17-12+. The highest BCUT2D eigenvalue weighted by Gasteiger charge is 2.17. The highest BCUT2D eigenvalue weighted by molar-refractivity contribution is 6.11. The Hall–Kier alpha value is -3.78. The van der Waals surface area contributed by atoms with Gasteiger partial charge in [-0.1, -0.05) is 6.07 Å². The molecule has 158 valence electrons. The number of aliphatic imine (C=N–C) groups is 1. The van der Waals surface area contributed by atoms with Crippen molar-refractivity contribution in [3.63, 3.8) is 0 Å². The van der Waals surface area contributed by atoms with E-state index in [1.165, 1.54) is 12.6 Å². The fourth-order valence-electron chi connectivity index (χ4n) is 3.46. The van der Waals surface area contributed by atoms with Gasteiger partial charge in [-0.05, 0) is 74.6 Å². The van der Waals surface area contributed by atoms with Crippen LogP contribution in [0.5, 0.6) is 0 Å². The summed E-state index contributed by atoms with van der Waals surface area (Å²) in [5.41, 5.74) is 11.0. The Balaban J connectivity index is 1.52. The fraction of sp³-hybridized carbons (Fsp3) is 0.217. The highest BCUT2D eigenvalue weighted by Crippen LogP contribution is 2.23. The molecule has 0 atom stereocenters. The van der Waals surface area contributed by atoms with Gasteiger partial charge in [0.15, 0.2) is 5.69 Å². The van der Waals surface area contributed by atoms with Gasteiger partial charge in [0.25, 0.3) is 5.91 Å². The molecular formula is C23H25N7O. The van der Waals surface area contributed by atoms with Crippen LogP contribution >= 0.6 is 0 Å². The molecule has 3 heterocycles. The lowest BCUT2D eigenvalue weighted by molar-refractivity contribution is 0.102. The van der Waals surface area contributed by atoms with Gasteiger partial charge in [-0.2, -0.15) is 5.10 Å². The maximum absolute atomic E-state index is 12.9. The SMILES string of the molecule is C=N/C=C(N)\C=C(/C)c1ccc2[nH]nc(C(=O)Nc3ccc(CN4CCC4)nc3)c2c1. The van der Waals surface area contributed by atoms with Crippen LogP contribution in [-0.2, 0) is 6.54 Å². The second-order valence-electron chi connectivity index (χ2n) is 7.59. The molecule has 0 radical (unpaired) electrons. The van der Waals surface area contributed by atoms with Gasteiger partial charge in [0, 0.05) is 18.1 Å². The number of hydrogen-bond donors (Lipinski definition) is 3. The number of carbonyl (C=O) groups excluding carboxylic acids is 1. The molecule has 31 heavy (non-hydrogen) atoms. The van der Waals surface area contributed by atoms with Crippen LogP contribution in [0.4, 0.5) is 5.69 Å². The number of nitrogens with two attached hydrogens (primary N) is 1. The molecule has 1 saturated heterocycles. The van der Waals surface area contributed by atoms with E-state index in [4.69, 9.17) is 5.73 Å². The minimum Gasteiger partial charge on any atom is -0.397 e. The van der Waals surface area contributed by atoms with Crippen molar-refractivity contribution in [2.75, 3.05) is 18.4 Å². The molecule has 1 amide bonds. The van der Waals surface area contributed by atoms with Crippen LogP contribution in [0, 0.1) is 0 Å². The first-order chi connectivity index (χ1) is 15.0. The van der Waals surface area contributed by atoms with Gasteiger partial charge in [0.1, 0.15) is 0 Å². The molecule has 1 aliphatic rings. The zero-order valence-electron chi connectivity index (χ0n) is 17.4. The molecule has 3 aromatic rings. The molecule has 0 bridgehead atoms. The van der Waals surface area contributed by atoms with Gasteiger partial charge in [0.05, 0.1) is 28.8 Å². The van der Waals surface area contributed by atoms with Crippen LogP contribution < -0.4 is 11.1 Å². The number of pyridine rings is 1. The molecule has 2 aromatic heterocycles. The zero-order chi connectivity index (χ0) is 21.8. The van der Waals surface area contributed by atoms with Gasteiger partial charge in [-0.15, -0.1) is 0 Å². The molecular weight excluding hydrogens is 390 g/mol. The molecule has 1 aromatic carbocycles. The van der Waals surface area contributed by atoms with Crippen LogP contribution in [0.2, 0.25) is 0 Å². The summed E-state index contributed by atoms with van der Waals surface area (Å²) in [6, 6.07) is 9.57. The van der Waals surface area contributed by atoms with Crippen molar-refractivity contribution in [3.05, 3.63) is 71.5 Å². The lowest BCUT2D eigenvalue weighted by atomic mass is 10.0. The van der Waals surface area contributed by atoms with Gasteiger partial charge >= 0.3 is 0 Å². The Kier molecular flexibility index (Phi) is 5.90. The Morgan fingerprint density at radius 3 is 2.87 bits per heavy atom. The maximum Gasteiger partial charge on any atom is 0.276 e. The monoisotopic (exact) mass is 415 g/mol. The van der Waals surface area contributed by atoms with Crippen molar-refractivity contribution >= 4 is 34.8 Å². The Labute approximate surface area is 180 Å². The van der Waals surface area contributed by atoms with Crippen LogP contribution in [0.3, 0.4) is 0 Å². The lowest BCUT2D eigenvalue weighted by Crippen LogP contribution is -2.36. The van der Waals surface area contributed by atoms with Crippen LogP contribution in [0.15, 0.2) is 59.5 Å². The van der Waals surface area contributed by atoms with Crippen molar-refractivity contribution < 1.29 is 4.79 Å². The van der Waals surface area contributed by atoms with E-state index >= 15 is 0 Å². The minimum absolute atomic E-state index is 0.294. The first kappa shape index (κ1) is 20.5. The van der Waals surface area contributed by atoms with Crippen LogP contribution in [-0.4, -0.2) is 45.8 Å². The Morgan fingerprint density at radius 1 is 1.35 bits per heavy atom. The summed E-state index contributed by atoms with van der Waals surface area (Å²) in [6.07, 6.45) is 6.23. The number of nitrogens with one attached hydrogen (secondary N) is 2. The number of benzene rings is 1. The molecule has 0 spiro atoms. The summed E-state index contributed by atoms with van der Waals surface area (Å²) in [7, 11) is 0. The van der Waals surface area contributed by atoms with E-state index in [-0.39, 0.29) is 5.91 Å². The molecule has 8 heteroatoms. The van der Waals surface area contributed by atoms with E-state index in [1.54, 1.807) is 6.20 Å². The van der Waals surface area contributed by atoms with Gasteiger partial charge in [-0.25, -0.2) is 0 Å². The summed E-state index contributed by atoms with van der Waals surface area (Å²) in [4.78, 5) is 23.3. The van der Waals surface area contributed by atoms with E-state index in [1.807, 2.05) is 43.3 Å². The molecule has 1 aliphatic heterocycles. The second kappa shape index (κ2) is 8.93. The number of likely N-dealkylation sites (tertiary alicyclic amines) is 1. The molecule has 0 unspecified atom stereocenters. The van der Waals surface area contributed by atoms with E-state index < -0.39 is 0 Å². The molecule has 0 saturated carbocycles. The van der Waals surface area contributed by atoms with Crippen molar-refractivity contribution in [3.8, 4) is 0 Å². The molecule has 8 nitrogen and oxygen atoms in total. The number of rotatable bonds is 7. The Bertz CT molecular complexity index is 1170. The molecule has 4 rings (SSSR count). The largest absolute Gasteiger partial charge is 0.397 e. The summed E-state index contributed by atoms with van der Waals surface area (Å²) in [5.74, 6) is -0.294. The maximum atomic E-state index is 12.9. The molecule has 1 fully saturated rings. The number of anilines is 1. The van der Waals surface area contributed by atoms with Crippen molar-refractivity contribution in [1.29, 1.82) is 0 Å². The average molecular weight is 416 g/mol. The summed E-state index contributed by atoms with van der Waals surface area (Å²) in [5, 5.41) is 10.7. The number of aromatic nitrogens is 3. The van der Waals surface area contributed by atoms with E-state index in [9.17, 15) is 4.79 Å². The smallest absolute Gasteiger partial charge is 0.276 e. The van der Waals surface area contributed by atoms with Crippen LogP contribution in [0.25, 0.3) is 16.5 Å². The molecule has 0 aliphatic carbocycles. The number of fused-ring (bicyclic) bond motifs is 1. The van der Waals surface area contributed by atoms with Gasteiger partial charge < -0.3 is 11.1 Å².